The van der Waals surface area contributed by atoms with E-state index < -0.39 is 0 Å². The van der Waals surface area contributed by atoms with Crippen LogP contribution in [-0.2, 0) is 0 Å². The van der Waals surface area contributed by atoms with E-state index in [0.717, 1.165) is 5.75 Å². The van der Waals surface area contributed by atoms with Crippen molar-refractivity contribution in [1.82, 2.24) is 0 Å². The molecule has 2 aromatic rings. The van der Waals surface area contributed by atoms with E-state index >= 15 is 0 Å². The topological polar surface area (TPSA) is 9.23 Å². The van der Waals surface area contributed by atoms with E-state index in [2.05, 4.69) is 12.1 Å². The normalized spacial score (nSPS) is 11.6. The first-order chi connectivity index (χ1) is 8.92. The second-order valence-electron chi connectivity index (χ2n) is 5.20. The second kappa shape index (κ2) is 5.90. The van der Waals surface area contributed by atoms with E-state index in [4.69, 9.17) is 4.74 Å². The number of hydrogen-bond donors (Lipinski definition) is 0. The molecule has 19 heavy (non-hydrogen) atoms. The fraction of sp³-hybridized carbons (Fsp3) is 0.250. The summed E-state index contributed by atoms with van der Waals surface area (Å²) in [6, 6.07) is 15.0. The van der Waals surface area contributed by atoms with Gasteiger partial charge in [0.2, 0.25) is 0 Å². The number of ether oxygens (including phenoxy) is 1. The van der Waals surface area contributed by atoms with Crippen molar-refractivity contribution in [3.05, 3.63) is 61.5 Å². The molecule has 0 bridgehead atoms. The van der Waals surface area contributed by atoms with Gasteiger partial charge in [-0.15, -0.1) is 0 Å². The van der Waals surface area contributed by atoms with E-state index in [1.54, 1.807) is 0 Å². The van der Waals surface area contributed by atoms with Crippen molar-refractivity contribution in [2.75, 3.05) is 0 Å². The number of benzene rings is 2. The predicted octanol–water partition coefficient (Wildman–Crippen LogP) is 1.13. The van der Waals surface area contributed by atoms with E-state index in [1.807, 2.05) is 45.0 Å². The molecule has 0 N–H and O–H groups in total. The Morgan fingerprint density at radius 3 is 1.79 bits per heavy atom. The van der Waals surface area contributed by atoms with Crippen molar-refractivity contribution in [2.45, 2.75) is 26.4 Å². The summed E-state index contributed by atoms with van der Waals surface area (Å²) in [6.45, 7) is 6.10. The van der Waals surface area contributed by atoms with Gasteiger partial charge in [-0.3, -0.25) is 0 Å². The first-order valence-corrected chi connectivity index (χ1v) is 8.28. The Morgan fingerprint density at radius 2 is 1.32 bits per heavy atom. The Bertz CT molecular complexity index is 526. The second-order valence-corrected chi connectivity index (χ2v) is 8.23. The molecule has 0 heterocycles. The Labute approximate surface area is 124 Å². The maximum absolute atomic E-state index is 12.8. The quantitative estimate of drug-likeness (QED) is 0.736. The Balaban J connectivity index is 2.04. The van der Waals surface area contributed by atoms with Crippen LogP contribution >= 0.6 is 0 Å². The van der Waals surface area contributed by atoms with Gasteiger partial charge in [0.15, 0.2) is 0 Å². The van der Waals surface area contributed by atoms with Gasteiger partial charge in [0.05, 0.1) is 0 Å². The monoisotopic (exact) mass is 371 g/mol. The van der Waals surface area contributed by atoms with Crippen LogP contribution in [0.25, 0.3) is 0 Å². The van der Waals surface area contributed by atoms with Gasteiger partial charge in [0.25, 0.3) is 0 Å². The molecule has 0 aliphatic carbocycles. The van der Waals surface area contributed by atoms with Crippen LogP contribution in [0.3, 0.4) is 0 Å². The molecule has 3 heteroatoms. The molecule has 1 nitrogen and oxygen atoms in total. The first-order valence-electron chi connectivity index (χ1n) is 6.12. The van der Waals surface area contributed by atoms with Crippen LogP contribution < -0.4 is 25.9 Å². The van der Waals surface area contributed by atoms with Gasteiger partial charge in [-0.25, -0.2) is 0 Å². The molecule has 0 atom stereocenters. The number of hydrogen-bond acceptors (Lipinski definition) is 1. The van der Waals surface area contributed by atoms with Crippen molar-refractivity contribution in [3.8, 4) is 5.75 Å². The summed E-state index contributed by atoms with van der Waals surface area (Å²) in [5.41, 5.74) is -0.173. The van der Waals surface area contributed by atoms with Gasteiger partial charge in [0.1, 0.15) is 0 Å². The molecular formula is C16H17FIO-. The molecule has 0 fully saturated rings. The van der Waals surface area contributed by atoms with E-state index in [9.17, 15) is 4.39 Å². The molecule has 102 valence electrons. The van der Waals surface area contributed by atoms with Gasteiger partial charge in [-0.1, -0.05) is 0 Å². The molecule has 0 saturated heterocycles. The van der Waals surface area contributed by atoms with Crippen LogP contribution in [0.4, 0.5) is 4.39 Å². The summed E-state index contributed by atoms with van der Waals surface area (Å²) < 4.78 is 21.1. The number of halogens is 2. The zero-order valence-electron chi connectivity index (χ0n) is 11.3. The van der Waals surface area contributed by atoms with Crippen LogP contribution in [-0.4, -0.2) is 5.60 Å². The molecule has 0 saturated carbocycles. The fourth-order valence-electron chi connectivity index (χ4n) is 1.54. The van der Waals surface area contributed by atoms with Crippen molar-refractivity contribution in [1.29, 1.82) is 0 Å². The third-order valence-electron chi connectivity index (χ3n) is 2.26. The Hall–Kier alpha value is -1.10. The molecule has 0 aliphatic rings. The molecule has 0 aliphatic heterocycles. The van der Waals surface area contributed by atoms with Crippen molar-refractivity contribution < 1.29 is 30.3 Å². The van der Waals surface area contributed by atoms with Crippen LogP contribution in [0.2, 0.25) is 0 Å². The Morgan fingerprint density at radius 1 is 0.842 bits per heavy atom. The minimum absolute atomic E-state index is 0.173. The average molecular weight is 371 g/mol. The SMILES string of the molecule is CC(C)(C)Oc1ccc([I-]c2ccc(F)cc2)cc1. The van der Waals surface area contributed by atoms with Crippen molar-refractivity contribution in [3.63, 3.8) is 0 Å². The van der Waals surface area contributed by atoms with Crippen molar-refractivity contribution >= 4 is 0 Å². The molecule has 0 radical (unpaired) electrons. The third kappa shape index (κ3) is 4.82. The fourth-order valence-corrected chi connectivity index (χ4v) is 3.70. The zero-order valence-corrected chi connectivity index (χ0v) is 13.4. The summed E-state index contributed by atoms with van der Waals surface area (Å²) in [4.78, 5) is 0. The van der Waals surface area contributed by atoms with Gasteiger partial charge < -0.3 is 0 Å². The van der Waals surface area contributed by atoms with E-state index in [-0.39, 0.29) is 32.6 Å². The summed E-state index contributed by atoms with van der Waals surface area (Å²) >= 11 is -0.253. The van der Waals surface area contributed by atoms with Crippen LogP contribution in [0, 0.1) is 13.0 Å². The maximum atomic E-state index is 12.8. The number of rotatable bonds is 3. The zero-order chi connectivity index (χ0) is 13.9. The molecule has 0 spiro atoms. The molecule has 0 amide bonds. The first kappa shape index (κ1) is 14.3. The summed E-state index contributed by atoms with van der Waals surface area (Å²) in [6.07, 6.45) is 0. The molecule has 2 aromatic carbocycles. The molecule has 0 unspecified atom stereocenters. The summed E-state index contributed by atoms with van der Waals surface area (Å²) in [5.74, 6) is 0.709. The molecule has 0 aromatic heterocycles. The van der Waals surface area contributed by atoms with E-state index in [0.29, 0.717) is 0 Å². The minimum atomic E-state index is -0.253. The van der Waals surface area contributed by atoms with Gasteiger partial charge in [0, 0.05) is 0 Å². The Kier molecular flexibility index (Phi) is 4.45. The molecule has 2 rings (SSSR count). The standard InChI is InChI=1S/C16H17FIO/c1-16(2,3)19-15-10-8-14(9-11-15)18-13-6-4-12(17)5-7-13/h4-11H,1-3H3/q-1. The predicted molar refractivity (Wildman–Crippen MR) is 70.6 cm³/mol. The van der Waals surface area contributed by atoms with Crippen LogP contribution in [0.15, 0.2) is 48.5 Å². The van der Waals surface area contributed by atoms with Crippen LogP contribution in [0.1, 0.15) is 20.8 Å². The van der Waals surface area contributed by atoms with Gasteiger partial charge in [-0.2, -0.15) is 0 Å². The summed E-state index contributed by atoms with van der Waals surface area (Å²) in [5, 5.41) is 0. The van der Waals surface area contributed by atoms with Gasteiger partial charge in [-0.05, 0) is 0 Å². The van der Waals surface area contributed by atoms with E-state index in [1.165, 1.54) is 19.3 Å². The van der Waals surface area contributed by atoms with Gasteiger partial charge >= 0.3 is 124 Å². The third-order valence-corrected chi connectivity index (χ3v) is 4.94. The van der Waals surface area contributed by atoms with Crippen LogP contribution in [0.5, 0.6) is 5.75 Å². The van der Waals surface area contributed by atoms with Crippen molar-refractivity contribution in [2.24, 2.45) is 0 Å². The molecular weight excluding hydrogens is 354 g/mol. The summed E-state index contributed by atoms with van der Waals surface area (Å²) in [7, 11) is 0. The average Bonchev–Trinajstić information content (AvgIpc) is 2.33.